The maximum absolute atomic E-state index is 11.2. The maximum atomic E-state index is 11.2. The van der Waals surface area contributed by atoms with Crippen LogP contribution in [0.3, 0.4) is 0 Å². The van der Waals surface area contributed by atoms with Crippen molar-refractivity contribution < 1.29 is 4.79 Å². The minimum atomic E-state index is 0.00972. The van der Waals surface area contributed by atoms with Crippen LogP contribution in [0.2, 0.25) is 0 Å². The molecule has 0 aliphatic heterocycles. The molecule has 0 aromatic carbocycles. The lowest BCUT2D eigenvalue weighted by atomic mass is 10.3. The van der Waals surface area contributed by atoms with Gasteiger partial charge in [0, 0.05) is 12.6 Å². The Bertz CT molecular complexity index is 229. The zero-order valence-corrected chi connectivity index (χ0v) is 8.21. The van der Waals surface area contributed by atoms with Gasteiger partial charge < -0.3 is 5.32 Å². The predicted octanol–water partition coefficient (Wildman–Crippen LogP) is 2.02. The molecule has 0 unspecified atom stereocenters. The summed E-state index contributed by atoms with van der Waals surface area (Å²) < 4.78 is 0. The topological polar surface area (TPSA) is 41.5 Å². The largest absolute Gasteiger partial charge is 0.325 e. The first-order chi connectivity index (χ1) is 6.24. The first kappa shape index (κ1) is 11.6. The highest BCUT2D eigenvalue weighted by molar-refractivity contribution is 5.78. The number of allylic oxidation sites excluding steroid dienone is 2. The SMILES string of the molecule is C=N/C=C(\C=C/C)NC(=O)CCC. The zero-order valence-electron chi connectivity index (χ0n) is 8.21. The molecule has 0 radical (unpaired) electrons. The number of hydrogen-bond acceptors (Lipinski definition) is 2. The van der Waals surface area contributed by atoms with E-state index in [1.807, 2.05) is 19.9 Å². The second kappa shape index (κ2) is 7.28. The monoisotopic (exact) mass is 180 g/mol. The lowest BCUT2D eigenvalue weighted by Crippen LogP contribution is -2.20. The van der Waals surface area contributed by atoms with Gasteiger partial charge >= 0.3 is 0 Å². The van der Waals surface area contributed by atoms with Gasteiger partial charge in [-0.25, -0.2) is 0 Å². The molecule has 0 fully saturated rings. The van der Waals surface area contributed by atoms with Crippen LogP contribution in [0, 0.1) is 0 Å². The summed E-state index contributed by atoms with van der Waals surface area (Å²) in [7, 11) is 0. The van der Waals surface area contributed by atoms with Crippen molar-refractivity contribution in [3.05, 3.63) is 24.0 Å². The quantitative estimate of drug-likeness (QED) is 0.510. The van der Waals surface area contributed by atoms with E-state index in [0.29, 0.717) is 12.1 Å². The molecule has 0 atom stereocenters. The van der Waals surface area contributed by atoms with Gasteiger partial charge in [-0.2, -0.15) is 0 Å². The van der Waals surface area contributed by atoms with E-state index < -0.39 is 0 Å². The number of rotatable bonds is 5. The molecule has 3 nitrogen and oxygen atoms in total. The number of carbonyl (C=O) groups is 1. The molecule has 0 rings (SSSR count). The summed E-state index contributed by atoms with van der Waals surface area (Å²) >= 11 is 0. The number of nitrogens with one attached hydrogen (secondary N) is 1. The molecular weight excluding hydrogens is 164 g/mol. The fraction of sp³-hybridized carbons (Fsp3) is 0.400. The first-order valence-electron chi connectivity index (χ1n) is 4.33. The van der Waals surface area contributed by atoms with Crippen LogP contribution in [-0.4, -0.2) is 12.6 Å². The molecule has 13 heavy (non-hydrogen) atoms. The van der Waals surface area contributed by atoms with Crippen LogP contribution in [0.1, 0.15) is 26.7 Å². The van der Waals surface area contributed by atoms with Crippen LogP contribution in [0.15, 0.2) is 29.0 Å². The van der Waals surface area contributed by atoms with Gasteiger partial charge in [0.05, 0.1) is 5.70 Å². The van der Waals surface area contributed by atoms with Gasteiger partial charge in [0.25, 0.3) is 0 Å². The van der Waals surface area contributed by atoms with E-state index >= 15 is 0 Å². The Kier molecular flexibility index (Phi) is 6.51. The van der Waals surface area contributed by atoms with Crippen LogP contribution < -0.4 is 5.32 Å². The van der Waals surface area contributed by atoms with Crippen LogP contribution in [0.5, 0.6) is 0 Å². The molecule has 0 aromatic heterocycles. The highest BCUT2D eigenvalue weighted by atomic mass is 16.1. The Morgan fingerprint density at radius 2 is 2.31 bits per heavy atom. The Morgan fingerprint density at radius 3 is 2.77 bits per heavy atom. The van der Waals surface area contributed by atoms with Gasteiger partial charge in [0.15, 0.2) is 0 Å². The Labute approximate surface area is 79.3 Å². The van der Waals surface area contributed by atoms with Crippen molar-refractivity contribution in [2.24, 2.45) is 4.99 Å². The summed E-state index contributed by atoms with van der Waals surface area (Å²) in [6.07, 6.45) is 6.52. The third-order valence-electron chi connectivity index (χ3n) is 1.34. The number of hydrogen-bond donors (Lipinski definition) is 1. The van der Waals surface area contributed by atoms with Crippen LogP contribution in [0.25, 0.3) is 0 Å². The molecule has 0 heterocycles. The summed E-state index contributed by atoms with van der Waals surface area (Å²) in [5.41, 5.74) is 0.677. The van der Waals surface area contributed by atoms with Gasteiger partial charge in [0.1, 0.15) is 0 Å². The molecule has 0 aliphatic rings. The highest BCUT2D eigenvalue weighted by Gasteiger charge is 1.99. The van der Waals surface area contributed by atoms with Crippen molar-refractivity contribution >= 4 is 12.6 Å². The predicted molar refractivity (Wildman–Crippen MR) is 55.5 cm³/mol. The molecule has 0 aliphatic carbocycles. The van der Waals surface area contributed by atoms with Gasteiger partial charge in [-0.15, -0.1) is 0 Å². The third-order valence-corrected chi connectivity index (χ3v) is 1.34. The van der Waals surface area contributed by atoms with Crippen molar-refractivity contribution in [1.29, 1.82) is 0 Å². The van der Waals surface area contributed by atoms with E-state index in [-0.39, 0.29) is 5.91 Å². The van der Waals surface area contributed by atoms with E-state index in [2.05, 4.69) is 17.0 Å². The van der Waals surface area contributed by atoms with Gasteiger partial charge in [-0.05, 0) is 26.1 Å². The normalized spacial score (nSPS) is 11.7. The van der Waals surface area contributed by atoms with Gasteiger partial charge in [-0.1, -0.05) is 13.0 Å². The van der Waals surface area contributed by atoms with E-state index in [1.165, 1.54) is 6.20 Å². The molecule has 0 saturated heterocycles. The van der Waals surface area contributed by atoms with E-state index in [9.17, 15) is 4.79 Å². The number of amides is 1. The van der Waals surface area contributed by atoms with Crippen molar-refractivity contribution in [3.8, 4) is 0 Å². The summed E-state index contributed by atoms with van der Waals surface area (Å²) in [6, 6.07) is 0. The molecule has 0 bridgehead atoms. The second-order valence-corrected chi connectivity index (χ2v) is 2.57. The minimum Gasteiger partial charge on any atom is -0.325 e. The summed E-state index contributed by atoms with van der Waals surface area (Å²) in [4.78, 5) is 14.7. The van der Waals surface area contributed by atoms with Crippen molar-refractivity contribution in [3.63, 3.8) is 0 Å². The average Bonchev–Trinajstić information content (AvgIpc) is 2.05. The van der Waals surface area contributed by atoms with Crippen molar-refractivity contribution in [1.82, 2.24) is 5.32 Å². The molecule has 1 amide bonds. The fourth-order valence-corrected chi connectivity index (χ4v) is 0.845. The standard InChI is InChI=1S/C10H16N2O/c1-4-6-9(8-11-3)12-10(13)7-5-2/h4,6,8H,3,5,7H2,1-2H3,(H,12,13)/b6-4-,9-8+. The summed E-state index contributed by atoms with van der Waals surface area (Å²) in [6.45, 7) is 7.16. The van der Waals surface area contributed by atoms with Crippen molar-refractivity contribution in [2.45, 2.75) is 26.7 Å². The zero-order chi connectivity index (χ0) is 10.1. The van der Waals surface area contributed by atoms with Crippen LogP contribution >= 0.6 is 0 Å². The number of aliphatic imine (C=N–C) groups is 1. The number of carbonyl (C=O) groups excluding carboxylic acids is 1. The van der Waals surface area contributed by atoms with Gasteiger partial charge in [-0.3, -0.25) is 9.79 Å². The summed E-state index contributed by atoms with van der Waals surface area (Å²) in [5.74, 6) is 0.00972. The molecule has 72 valence electrons. The lowest BCUT2D eigenvalue weighted by Gasteiger charge is -2.03. The second-order valence-electron chi connectivity index (χ2n) is 2.57. The Hall–Kier alpha value is -1.38. The van der Waals surface area contributed by atoms with E-state index in [1.54, 1.807) is 6.08 Å². The fourth-order valence-electron chi connectivity index (χ4n) is 0.845. The van der Waals surface area contributed by atoms with Gasteiger partial charge in [0.2, 0.25) is 5.91 Å². The minimum absolute atomic E-state index is 0.00972. The first-order valence-corrected chi connectivity index (χ1v) is 4.33. The molecule has 1 N–H and O–H groups in total. The van der Waals surface area contributed by atoms with Crippen molar-refractivity contribution in [2.75, 3.05) is 0 Å². The third kappa shape index (κ3) is 5.84. The van der Waals surface area contributed by atoms with E-state index in [0.717, 1.165) is 6.42 Å². The highest BCUT2D eigenvalue weighted by Crippen LogP contribution is 1.95. The Balaban J connectivity index is 4.18. The molecule has 0 spiro atoms. The molecular formula is C10H16N2O. The molecule has 3 heteroatoms. The molecule has 0 saturated carbocycles. The maximum Gasteiger partial charge on any atom is 0.224 e. The smallest absolute Gasteiger partial charge is 0.224 e. The van der Waals surface area contributed by atoms with Crippen LogP contribution in [-0.2, 0) is 4.79 Å². The Morgan fingerprint density at radius 1 is 1.62 bits per heavy atom. The number of nitrogens with zero attached hydrogens (tertiary/aromatic N) is 1. The van der Waals surface area contributed by atoms with Crippen LogP contribution in [0.4, 0.5) is 0 Å². The average molecular weight is 180 g/mol. The van der Waals surface area contributed by atoms with E-state index in [4.69, 9.17) is 0 Å². The summed E-state index contributed by atoms with van der Waals surface area (Å²) in [5, 5.41) is 2.72. The molecule has 0 aromatic rings. The lowest BCUT2D eigenvalue weighted by molar-refractivity contribution is -0.120.